The largest absolute Gasteiger partial charge is 0.416 e. The van der Waals surface area contributed by atoms with Gasteiger partial charge in [0, 0.05) is 6.04 Å². The molecule has 2 rings (SSSR count). The molecule has 0 amide bonds. The van der Waals surface area contributed by atoms with Gasteiger partial charge in [0.15, 0.2) is 0 Å². The summed E-state index contributed by atoms with van der Waals surface area (Å²) in [5, 5.41) is 9.93. The quantitative estimate of drug-likeness (QED) is 0.689. The molecule has 0 saturated carbocycles. The number of aliphatic hydroxyl groups excluding tert-OH is 1. The summed E-state index contributed by atoms with van der Waals surface area (Å²) < 4.78 is 38.6. The van der Waals surface area contributed by atoms with E-state index in [0.29, 0.717) is 24.8 Å². The highest BCUT2D eigenvalue weighted by molar-refractivity contribution is 5.40. The first-order chi connectivity index (χ1) is 7.91. The highest BCUT2D eigenvalue weighted by atomic mass is 19.4. The lowest BCUT2D eigenvalue weighted by molar-refractivity contribution is -0.139. The maximum atomic E-state index is 12.9. The topological polar surface area (TPSA) is 46.2 Å². The highest BCUT2D eigenvalue weighted by Crippen LogP contribution is 2.39. The molecule has 0 aliphatic heterocycles. The van der Waals surface area contributed by atoms with Crippen LogP contribution in [-0.4, -0.2) is 11.1 Å². The first-order valence-electron chi connectivity index (χ1n) is 5.54. The number of aliphatic hydroxyl groups is 1. The van der Waals surface area contributed by atoms with E-state index >= 15 is 0 Å². The predicted molar refractivity (Wildman–Crippen MR) is 57.3 cm³/mol. The third kappa shape index (κ3) is 2.30. The Labute approximate surface area is 97.2 Å². The number of hydrogen-bond donors (Lipinski definition) is 2. The summed E-state index contributed by atoms with van der Waals surface area (Å²) in [6, 6.07) is 3.39. The van der Waals surface area contributed by atoms with Crippen LogP contribution < -0.4 is 5.73 Å². The van der Waals surface area contributed by atoms with Gasteiger partial charge in [0.1, 0.15) is 0 Å². The van der Waals surface area contributed by atoms with Crippen molar-refractivity contribution in [2.45, 2.75) is 37.6 Å². The molecule has 0 aromatic heterocycles. The van der Waals surface area contributed by atoms with Gasteiger partial charge in [-0.15, -0.1) is 0 Å². The predicted octanol–water partition coefficient (Wildman–Crippen LogP) is 2.40. The van der Waals surface area contributed by atoms with Crippen LogP contribution in [0.25, 0.3) is 0 Å². The number of alkyl halides is 3. The van der Waals surface area contributed by atoms with Crippen molar-refractivity contribution in [3.05, 3.63) is 34.9 Å². The van der Waals surface area contributed by atoms with Crippen molar-refractivity contribution < 1.29 is 18.3 Å². The van der Waals surface area contributed by atoms with E-state index in [1.807, 2.05) is 0 Å². The average molecular weight is 245 g/mol. The second kappa shape index (κ2) is 4.31. The van der Waals surface area contributed by atoms with E-state index < -0.39 is 23.9 Å². The maximum Gasteiger partial charge on any atom is 0.416 e. The maximum absolute atomic E-state index is 12.9. The van der Waals surface area contributed by atoms with Crippen molar-refractivity contribution in [3.63, 3.8) is 0 Å². The second-order valence-corrected chi connectivity index (χ2v) is 4.38. The fraction of sp³-hybridized carbons (Fsp3) is 0.500. The van der Waals surface area contributed by atoms with Gasteiger partial charge in [-0.3, -0.25) is 0 Å². The molecule has 17 heavy (non-hydrogen) atoms. The number of rotatable bonds is 0. The molecule has 0 unspecified atom stereocenters. The van der Waals surface area contributed by atoms with E-state index in [9.17, 15) is 18.3 Å². The van der Waals surface area contributed by atoms with E-state index in [1.54, 1.807) is 6.07 Å². The Morgan fingerprint density at radius 3 is 2.65 bits per heavy atom. The van der Waals surface area contributed by atoms with E-state index in [-0.39, 0.29) is 5.56 Å². The van der Waals surface area contributed by atoms with Gasteiger partial charge >= 0.3 is 6.18 Å². The van der Waals surface area contributed by atoms with E-state index in [2.05, 4.69) is 0 Å². The third-order valence-electron chi connectivity index (χ3n) is 3.19. The molecule has 2 atom stereocenters. The van der Waals surface area contributed by atoms with Crippen LogP contribution in [0.2, 0.25) is 0 Å². The molecule has 1 aliphatic carbocycles. The third-order valence-corrected chi connectivity index (χ3v) is 3.19. The first-order valence-corrected chi connectivity index (χ1v) is 5.54. The standard InChI is InChI=1S/C12H14F3NO/c13-12(14,15)8-5-1-3-7-4-2-6-9(16)11(17)10(7)8/h1,3,5,9,11,17H,2,4,6,16H2/t9-,11-/m0/s1. The van der Waals surface area contributed by atoms with Gasteiger partial charge in [-0.1, -0.05) is 12.1 Å². The van der Waals surface area contributed by atoms with Crippen LogP contribution in [0.15, 0.2) is 18.2 Å². The van der Waals surface area contributed by atoms with Crippen LogP contribution >= 0.6 is 0 Å². The Morgan fingerprint density at radius 2 is 2.00 bits per heavy atom. The summed E-state index contributed by atoms with van der Waals surface area (Å²) in [5.74, 6) is 0. The van der Waals surface area contributed by atoms with Crippen molar-refractivity contribution in [2.24, 2.45) is 5.73 Å². The van der Waals surface area contributed by atoms with Gasteiger partial charge in [-0.05, 0) is 36.5 Å². The summed E-state index contributed by atoms with van der Waals surface area (Å²) in [5.41, 5.74) is 5.44. The SMILES string of the molecule is N[C@H]1CCCc2cccc(C(F)(F)F)c2[C@H]1O. The number of halogens is 3. The molecule has 0 heterocycles. The summed E-state index contributed by atoms with van der Waals surface area (Å²) >= 11 is 0. The van der Waals surface area contributed by atoms with E-state index in [4.69, 9.17) is 5.73 Å². The first kappa shape index (κ1) is 12.4. The molecule has 1 aromatic rings. The van der Waals surface area contributed by atoms with Crippen molar-refractivity contribution in [3.8, 4) is 0 Å². The minimum absolute atomic E-state index is 0.0370. The molecule has 0 spiro atoms. The molecule has 1 aliphatic rings. The number of fused-ring (bicyclic) bond motifs is 1. The number of benzene rings is 1. The Morgan fingerprint density at radius 1 is 1.29 bits per heavy atom. The fourth-order valence-electron chi connectivity index (χ4n) is 2.33. The van der Waals surface area contributed by atoms with Crippen LogP contribution in [-0.2, 0) is 12.6 Å². The van der Waals surface area contributed by atoms with E-state index in [0.717, 1.165) is 6.07 Å². The van der Waals surface area contributed by atoms with Crippen LogP contribution in [0.3, 0.4) is 0 Å². The smallest absolute Gasteiger partial charge is 0.387 e. The van der Waals surface area contributed by atoms with Gasteiger partial charge in [0.2, 0.25) is 0 Å². The molecule has 1 aromatic carbocycles. The van der Waals surface area contributed by atoms with Crippen LogP contribution in [0.4, 0.5) is 13.2 Å². The van der Waals surface area contributed by atoms with Crippen LogP contribution in [0, 0.1) is 0 Å². The zero-order chi connectivity index (χ0) is 12.6. The Balaban J connectivity index is 2.58. The molecule has 0 fully saturated rings. The number of nitrogens with two attached hydrogens (primary N) is 1. The molecular weight excluding hydrogens is 231 g/mol. The lowest BCUT2D eigenvalue weighted by Crippen LogP contribution is -2.29. The summed E-state index contributed by atoms with van der Waals surface area (Å²) in [4.78, 5) is 0. The molecule has 94 valence electrons. The van der Waals surface area contributed by atoms with Crippen molar-refractivity contribution >= 4 is 0 Å². The fourth-order valence-corrected chi connectivity index (χ4v) is 2.33. The minimum atomic E-state index is -4.45. The normalized spacial score (nSPS) is 25.2. The molecule has 2 nitrogen and oxygen atoms in total. The minimum Gasteiger partial charge on any atom is -0.387 e. The average Bonchev–Trinajstić information content (AvgIpc) is 2.39. The lowest BCUT2D eigenvalue weighted by atomic mass is 9.93. The molecule has 3 N–H and O–H groups in total. The van der Waals surface area contributed by atoms with Gasteiger partial charge < -0.3 is 10.8 Å². The summed E-state index contributed by atoms with van der Waals surface area (Å²) in [7, 11) is 0. The highest BCUT2D eigenvalue weighted by Gasteiger charge is 2.37. The lowest BCUT2D eigenvalue weighted by Gasteiger charge is -2.22. The van der Waals surface area contributed by atoms with Gasteiger partial charge in [-0.25, -0.2) is 0 Å². The zero-order valence-electron chi connectivity index (χ0n) is 9.17. The van der Waals surface area contributed by atoms with Crippen LogP contribution in [0.1, 0.15) is 35.6 Å². The molecule has 5 heteroatoms. The van der Waals surface area contributed by atoms with Gasteiger partial charge in [0.25, 0.3) is 0 Å². The van der Waals surface area contributed by atoms with Crippen LogP contribution in [0.5, 0.6) is 0 Å². The summed E-state index contributed by atoms with van der Waals surface area (Å²) in [6.45, 7) is 0. The summed E-state index contributed by atoms with van der Waals surface area (Å²) in [6.07, 6.45) is -3.91. The molecule has 0 saturated heterocycles. The molecule has 0 bridgehead atoms. The Hall–Kier alpha value is -1.07. The second-order valence-electron chi connectivity index (χ2n) is 4.38. The molecule has 0 radical (unpaired) electrons. The van der Waals surface area contributed by atoms with Crippen molar-refractivity contribution in [1.82, 2.24) is 0 Å². The number of hydrogen-bond acceptors (Lipinski definition) is 2. The Bertz CT molecular complexity index is 417. The van der Waals surface area contributed by atoms with Gasteiger partial charge in [-0.2, -0.15) is 13.2 Å². The number of aryl methyl sites for hydroxylation is 1. The van der Waals surface area contributed by atoms with E-state index in [1.165, 1.54) is 6.07 Å². The van der Waals surface area contributed by atoms with Crippen molar-refractivity contribution in [1.29, 1.82) is 0 Å². The molecular formula is C12H14F3NO. The Kier molecular flexibility index (Phi) is 3.14. The van der Waals surface area contributed by atoms with Crippen molar-refractivity contribution in [2.75, 3.05) is 0 Å². The zero-order valence-corrected chi connectivity index (χ0v) is 9.17. The monoisotopic (exact) mass is 245 g/mol. The van der Waals surface area contributed by atoms with Gasteiger partial charge in [0.05, 0.1) is 11.7 Å².